The standard InChI is InChI=1S/C13H21ClN6/c1-8-10(9(2)19(3)18-8)5-6-12(17-15)13-11(14)7-16-20(13)4/h7,12,17H,5-6,15H2,1-4H3. The lowest BCUT2D eigenvalue weighted by Gasteiger charge is -2.17. The largest absolute Gasteiger partial charge is 0.272 e. The first-order chi connectivity index (χ1) is 9.45. The average molecular weight is 297 g/mol. The minimum atomic E-state index is -0.0333. The van der Waals surface area contributed by atoms with E-state index < -0.39 is 0 Å². The molecule has 1 unspecified atom stereocenters. The monoisotopic (exact) mass is 296 g/mol. The maximum absolute atomic E-state index is 6.17. The number of aromatic nitrogens is 4. The summed E-state index contributed by atoms with van der Waals surface area (Å²) in [4.78, 5) is 0. The predicted molar refractivity (Wildman–Crippen MR) is 79.3 cm³/mol. The van der Waals surface area contributed by atoms with Gasteiger partial charge in [0.15, 0.2) is 0 Å². The van der Waals surface area contributed by atoms with Crippen molar-refractivity contribution in [2.75, 3.05) is 0 Å². The molecule has 0 aliphatic rings. The molecule has 0 amide bonds. The smallest absolute Gasteiger partial charge is 0.0834 e. The van der Waals surface area contributed by atoms with Gasteiger partial charge in [0.05, 0.1) is 28.6 Å². The summed E-state index contributed by atoms with van der Waals surface area (Å²) in [6, 6.07) is -0.0333. The summed E-state index contributed by atoms with van der Waals surface area (Å²) >= 11 is 6.17. The number of nitrogens with one attached hydrogen (secondary N) is 1. The molecule has 0 aliphatic heterocycles. The minimum Gasteiger partial charge on any atom is -0.272 e. The lowest BCUT2D eigenvalue weighted by Crippen LogP contribution is -2.30. The van der Waals surface area contributed by atoms with Crippen LogP contribution in [0.4, 0.5) is 0 Å². The van der Waals surface area contributed by atoms with Gasteiger partial charge in [-0.05, 0) is 32.3 Å². The molecule has 1 atom stereocenters. The summed E-state index contributed by atoms with van der Waals surface area (Å²) in [5.74, 6) is 5.68. The van der Waals surface area contributed by atoms with E-state index >= 15 is 0 Å². The van der Waals surface area contributed by atoms with Crippen LogP contribution in [0.25, 0.3) is 0 Å². The number of halogens is 1. The number of nitrogens with zero attached hydrogens (tertiary/aromatic N) is 4. The number of hydrogen-bond donors (Lipinski definition) is 2. The Kier molecular flexibility index (Phi) is 4.47. The number of aryl methyl sites for hydroxylation is 3. The van der Waals surface area contributed by atoms with E-state index in [0.29, 0.717) is 5.02 Å². The fraction of sp³-hybridized carbons (Fsp3) is 0.538. The van der Waals surface area contributed by atoms with Crippen LogP contribution >= 0.6 is 11.6 Å². The predicted octanol–water partition coefficient (Wildman–Crippen LogP) is 1.56. The Morgan fingerprint density at radius 2 is 2.05 bits per heavy atom. The highest BCUT2D eigenvalue weighted by molar-refractivity contribution is 6.31. The van der Waals surface area contributed by atoms with Crippen molar-refractivity contribution < 1.29 is 0 Å². The third kappa shape index (κ3) is 2.72. The molecule has 6 nitrogen and oxygen atoms in total. The van der Waals surface area contributed by atoms with Gasteiger partial charge in [-0.1, -0.05) is 11.6 Å². The first-order valence-electron chi connectivity index (χ1n) is 6.58. The molecule has 0 radical (unpaired) electrons. The van der Waals surface area contributed by atoms with E-state index in [1.165, 1.54) is 11.3 Å². The van der Waals surface area contributed by atoms with Crippen LogP contribution in [-0.2, 0) is 20.5 Å². The van der Waals surface area contributed by atoms with Crippen molar-refractivity contribution >= 4 is 11.6 Å². The van der Waals surface area contributed by atoms with Crippen LogP contribution in [0.2, 0.25) is 5.02 Å². The maximum Gasteiger partial charge on any atom is 0.0834 e. The normalized spacial score (nSPS) is 12.9. The van der Waals surface area contributed by atoms with Gasteiger partial charge in [-0.2, -0.15) is 10.2 Å². The number of hydrogen-bond acceptors (Lipinski definition) is 4. The summed E-state index contributed by atoms with van der Waals surface area (Å²) in [6.45, 7) is 4.11. The summed E-state index contributed by atoms with van der Waals surface area (Å²) in [5.41, 5.74) is 7.27. The van der Waals surface area contributed by atoms with Crippen molar-refractivity contribution in [3.63, 3.8) is 0 Å². The average Bonchev–Trinajstić information content (AvgIpc) is 2.85. The van der Waals surface area contributed by atoms with Crippen molar-refractivity contribution in [3.8, 4) is 0 Å². The van der Waals surface area contributed by atoms with Crippen LogP contribution in [-0.4, -0.2) is 19.6 Å². The third-order valence-corrected chi connectivity index (χ3v) is 4.10. The van der Waals surface area contributed by atoms with Crippen molar-refractivity contribution in [1.82, 2.24) is 25.0 Å². The van der Waals surface area contributed by atoms with Crippen molar-refractivity contribution in [1.29, 1.82) is 0 Å². The molecule has 20 heavy (non-hydrogen) atoms. The minimum absolute atomic E-state index is 0.0333. The fourth-order valence-corrected chi connectivity index (χ4v) is 2.88. The fourth-order valence-electron chi connectivity index (χ4n) is 2.58. The molecule has 0 aliphatic carbocycles. The van der Waals surface area contributed by atoms with E-state index in [-0.39, 0.29) is 6.04 Å². The second-order valence-electron chi connectivity index (χ2n) is 5.03. The first kappa shape index (κ1) is 15.0. The van der Waals surface area contributed by atoms with E-state index in [0.717, 1.165) is 24.2 Å². The van der Waals surface area contributed by atoms with E-state index in [9.17, 15) is 0 Å². The quantitative estimate of drug-likeness (QED) is 0.649. The maximum atomic E-state index is 6.17. The molecule has 2 aromatic rings. The van der Waals surface area contributed by atoms with Gasteiger partial charge >= 0.3 is 0 Å². The Morgan fingerprint density at radius 3 is 2.50 bits per heavy atom. The van der Waals surface area contributed by atoms with Crippen molar-refractivity contribution in [2.45, 2.75) is 32.7 Å². The van der Waals surface area contributed by atoms with Gasteiger partial charge in [0, 0.05) is 19.8 Å². The molecule has 0 bridgehead atoms. The second-order valence-corrected chi connectivity index (χ2v) is 5.44. The Hall–Kier alpha value is -1.37. The Bertz CT molecular complexity index is 581. The lowest BCUT2D eigenvalue weighted by molar-refractivity contribution is 0.480. The Balaban J connectivity index is 2.16. The summed E-state index contributed by atoms with van der Waals surface area (Å²) in [5, 5.41) is 9.22. The van der Waals surface area contributed by atoms with Crippen LogP contribution in [0.3, 0.4) is 0 Å². The SMILES string of the molecule is Cc1nn(C)c(C)c1CCC(NN)c1c(Cl)cnn1C. The zero-order valence-corrected chi connectivity index (χ0v) is 13.1. The highest BCUT2D eigenvalue weighted by Crippen LogP contribution is 2.26. The van der Waals surface area contributed by atoms with Gasteiger partial charge in [0.25, 0.3) is 0 Å². The van der Waals surface area contributed by atoms with Gasteiger partial charge in [0.2, 0.25) is 0 Å². The molecular formula is C13H21ClN6. The second kappa shape index (κ2) is 5.95. The molecule has 2 heterocycles. The van der Waals surface area contributed by atoms with E-state index in [2.05, 4.69) is 22.5 Å². The molecule has 0 spiro atoms. The van der Waals surface area contributed by atoms with E-state index in [1.54, 1.807) is 10.9 Å². The highest BCUT2D eigenvalue weighted by atomic mass is 35.5. The molecular weight excluding hydrogens is 276 g/mol. The molecule has 110 valence electrons. The van der Waals surface area contributed by atoms with Gasteiger partial charge in [-0.25, -0.2) is 0 Å². The van der Waals surface area contributed by atoms with Crippen LogP contribution in [0, 0.1) is 13.8 Å². The zero-order valence-electron chi connectivity index (χ0n) is 12.3. The molecule has 2 aromatic heterocycles. The molecule has 3 N–H and O–H groups in total. The molecule has 0 saturated heterocycles. The van der Waals surface area contributed by atoms with Crippen LogP contribution in [0.1, 0.15) is 35.1 Å². The van der Waals surface area contributed by atoms with Crippen LogP contribution in [0.15, 0.2) is 6.20 Å². The van der Waals surface area contributed by atoms with Crippen molar-refractivity contribution in [3.05, 3.63) is 33.9 Å². The third-order valence-electron chi connectivity index (χ3n) is 3.81. The number of nitrogens with two attached hydrogens (primary N) is 1. The first-order valence-corrected chi connectivity index (χ1v) is 6.96. The molecule has 2 rings (SSSR count). The Labute approximate surface area is 123 Å². The van der Waals surface area contributed by atoms with Crippen molar-refractivity contribution in [2.24, 2.45) is 19.9 Å². The van der Waals surface area contributed by atoms with Crippen LogP contribution in [0.5, 0.6) is 0 Å². The molecule has 0 aromatic carbocycles. The topological polar surface area (TPSA) is 73.7 Å². The molecule has 0 saturated carbocycles. The summed E-state index contributed by atoms with van der Waals surface area (Å²) < 4.78 is 3.67. The number of hydrazine groups is 1. The van der Waals surface area contributed by atoms with Gasteiger partial charge in [0.1, 0.15) is 0 Å². The molecule has 0 fully saturated rings. The van der Waals surface area contributed by atoms with E-state index in [4.69, 9.17) is 17.4 Å². The zero-order chi connectivity index (χ0) is 14.9. The van der Waals surface area contributed by atoms with Crippen LogP contribution < -0.4 is 11.3 Å². The summed E-state index contributed by atoms with van der Waals surface area (Å²) in [7, 11) is 3.83. The van der Waals surface area contributed by atoms with Gasteiger partial charge < -0.3 is 0 Å². The van der Waals surface area contributed by atoms with Gasteiger partial charge in [-0.15, -0.1) is 0 Å². The number of rotatable bonds is 5. The molecule has 7 heteroatoms. The summed E-state index contributed by atoms with van der Waals surface area (Å²) in [6.07, 6.45) is 3.37. The highest BCUT2D eigenvalue weighted by Gasteiger charge is 2.19. The lowest BCUT2D eigenvalue weighted by atomic mass is 10.0. The Morgan fingerprint density at radius 1 is 1.35 bits per heavy atom. The van der Waals surface area contributed by atoms with E-state index in [1.807, 2.05) is 25.7 Å². The van der Waals surface area contributed by atoms with Gasteiger partial charge in [-0.3, -0.25) is 20.6 Å².